The van der Waals surface area contributed by atoms with Crippen molar-refractivity contribution in [2.24, 2.45) is 0 Å². The van der Waals surface area contributed by atoms with Crippen LogP contribution < -0.4 is 15.4 Å². The molecule has 0 amide bonds. The van der Waals surface area contributed by atoms with E-state index >= 15 is 0 Å². The topological polar surface area (TPSA) is 59.1 Å². The van der Waals surface area contributed by atoms with Crippen LogP contribution in [0.5, 0.6) is 5.75 Å². The van der Waals surface area contributed by atoms with Gasteiger partial charge in [-0.1, -0.05) is 28.4 Å². The van der Waals surface area contributed by atoms with Crippen LogP contribution in [0, 0.1) is 0 Å². The molecular formula is C23H22BrF3N4O. The number of alkyl halides is 3. The Labute approximate surface area is 192 Å². The van der Waals surface area contributed by atoms with Gasteiger partial charge in [0, 0.05) is 28.1 Å². The van der Waals surface area contributed by atoms with Crippen molar-refractivity contribution >= 4 is 39.1 Å². The van der Waals surface area contributed by atoms with Crippen LogP contribution in [0.15, 0.2) is 59.2 Å². The highest BCUT2D eigenvalue weighted by atomic mass is 79.9. The fraction of sp³-hybridized carbons (Fsp3) is 0.304. The first-order valence-corrected chi connectivity index (χ1v) is 11.2. The van der Waals surface area contributed by atoms with Gasteiger partial charge in [0.15, 0.2) is 0 Å². The summed E-state index contributed by atoms with van der Waals surface area (Å²) in [5.41, 5.74) is 0.163. The Balaban J connectivity index is 1.56. The maximum absolute atomic E-state index is 13.6. The molecule has 3 aromatic rings. The van der Waals surface area contributed by atoms with Gasteiger partial charge in [0.1, 0.15) is 17.1 Å². The van der Waals surface area contributed by atoms with Gasteiger partial charge >= 0.3 is 6.18 Å². The molecule has 0 radical (unpaired) electrons. The minimum absolute atomic E-state index is 0.0532. The average Bonchev–Trinajstić information content (AvgIpc) is 2.76. The van der Waals surface area contributed by atoms with E-state index in [1.807, 2.05) is 18.2 Å². The number of nitrogens with one attached hydrogen (secondary N) is 2. The number of anilines is 4. The number of halogens is 4. The molecule has 2 N–H and O–H groups in total. The summed E-state index contributed by atoms with van der Waals surface area (Å²) in [6.07, 6.45) is 1.78. The average molecular weight is 507 g/mol. The predicted octanol–water partition coefficient (Wildman–Crippen LogP) is 7.46. The van der Waals surface area contributed by atoms with E-state index < -0.39 is 11.7 Å². The van der Waals surface area contributed by atoms with Gasteiger partial charge in [0.05, 0.1) is 6.10 Å². The number of aromatic nitrogens is 2. The molecule has 32 heavy (non-hydrogen) atoms. The first-order valence-electron chi connectivity index (χ1n) is 10.4. The van der Waals surface area contributed by atoms with Crippen molar-refractivity contribution in [1.29, 1.82) is 0 Å². The second kappa shape index (κ2) is 9.77. The number of hydrogen-bond acceptors (Lipinski definition) is 5. The lowest BCUT2D eigenvalue weighted by molar-refractivity contribution is -0.137. The summed E-state index contributed by atoms with van der Waals surface area (Å²) in [6, 6.07) is 14.1. The fourth-order valence-corrected chi connectivity index (χ4v) is 3.83. The Bertz CT molecular complexity index is 1050. The van der Waals surface area contributed by atoms with Crippen molar-refractivity contribution in [3.8, 4) is 5.75 Å². The third-order valence-electron chi connectivity index (χ3n) is 5.15. The monoisotopic (exact) mass is 506 g/mol. The third kappa shape index (κ3) is 5.91. The molecule has 4 rings (SSSR count). The van der Waals surface area contributed by atoms with E-state index in [9.17, 15) is 13.2 Å². The highest BCUT2D eigenvalue weighted by Crippen LogP contribution is 2.36. The third-order valence-corrected chi connectivity index (χ3v) is 5.67. The van der Waals surface area contributed by atoms with Crippen LogP contribution in [-0.2, 0) is 6.18 Å². The lowest BCUT2D eigenvalue weighted by Gasteiger charge is -2.23. The summed E-state index contributed by atoms with van der Waals surface area (Å²) in [5.74, 6) is 0.345. The van der Waals surface area contributed by atoms with E-state index in [4.69, 9.17) is 4.74 Å². The summed E-state index contributed by atoms with van der Waals surface area (Å²) in [5, 5.41) is 5.72. The lowest BCUT2D eigenvalue weighted by atomic mass is 9.98. The maximum atomic E-state index is 13.6. The second-order valence-electron chi connectivity index (χ2n) is 7.62. The van der Waals surface area contributed by atoms with Crippen molar-refractivity contribution in [3.63, 3.8) is 0 Å². The zero-order valence-electron chi connectivity index (χ0n) is 17.1. The van der Waals surface area contributed by atoms with E-state index in [0.29, 0.717) is 17.1 Å². The molecule has 9 heteroatoms. The fourth-order valence-electron chi connectivity index (χ4n) is 3.57. The van der Waals surface area contributed by atoms with Gasteiger partial charge in [-0.15, -0.1) is 0 Å². The van der Waals surface area contributed by atoms with Gasteiger partial charge in [-0.25, -0.2) is 4.98 Å². The predicted molar refractivity (Wildman–Crippen MR) is 122 cm³/mol. The molecule has 1 aromatic heterocycles. The first kappa shape index (κ1) is 22.4. The summed E-state index contributed by atoms with van der Waals surface area (Å²) in [4.78, 5) is 7.93. The number of rotatable bonds is 6. The van der Waals surface area contributed by atoms with E-state index in [2.05, 4.69) is 36.5 Å². The van der Waals surface area contributed by atoms with Gasteiger partial charge in [-0.05, 0) is 62.1 Å². The molecule has 168 valence electrons. The van der Waals surface area contributed by atoms with Crippen LogP contribution in [0.1, 0.15) is 37.7 Å². The van der Waals surface area contributed by atoms with Crippen molar-refractivity contribution in [3.05, 3.63) is 64.8 Å². The largest absolute Gasteiger partial charge is 0.490 e. The van der Waals surface area contributed by atoms with Crippen LogP contribution in [0.3, 0.4) is 0 Å². The quantitative estimate of drug-likeness (QED) is 0.363. The number of benzene rings is 2. The Hall–Kier alpha value is -2.81. The summed E-state index contributed by atoms with van der Waals surface area (Å²) in [7, 11) is 0. The van der Waals surface area contributed by atoms with Crippen molar-refractivity contribution in [2.45, 2.75) is 44.4 Å². The highest BCUT2D eigenvalue weighted by Gasteiger charge is 2.35. The van der Waals surface area contributed by atoms with Crippen LogP contribution >= 0.6 is 15.9 Å². The van der Waals surface area contributed by atoms with Crippen molar-refractivity contribution in [2.75, 3.05) is 10.6 Å². The molecule has 1 aliphatic carbocycles. The summed E-state index contributed by atoms with van der Waals surface area (Å²) < 4.78 is 47.6. The minimum atomic E-state index is -4.60. The van der Waals surface area contributed by atoms with E-state index in [0.717, 1.165) is 36.4 Å². The first-order chi connectivity index (χ1) is 15.4. The molecule has 1 aliphatic rings. The van der Waals surface area contributed by atoms with Gasteiger partial charge in [-0.2, -0.15) is 18.2 Å². The molecule has 1 heterocycles. The molecule has 0 spiro atoms. The zero-order chi connectivity index (χ0) is 22.6. The Kier molecular flexibility index (Phi) is 6.83. The molecule has 2 aromatic carbocycles. The molecule has 0 aliphatic heterocycles. The van der Waals surface area contributed by atoms with Gasteiger partial charge in [-0.3, -0.25) is 0 Å². The molecule has 0 bridgehead atoms. The molecule has 0 unspecified atom stereocenters. The zero-order valence-corrected chi connectivity index (χ0v) is 18.7. The molecule has 0 saturated heterocycles. The van der Waals surface area contributed by atoms with Crippen LogP contribution in [0.25, 0.3) is 0 Å². The van der Waals surface area contributed by atoms with E-state index in [-0.39, 0.29) is 17.9 Å². The smallest absolute Gasteiger partial charge is 0.421 e. The molecular weight excluding hydrogens is 485 g/mol. The van der Waals surface area contributed by atoms with Crippen LogP contribution in [-0.4, -0.2) is 16.1 Å². The van der Waals surface area contributed by atoms with Gasteiger partial charge in [0.25, 0.3) is 0 Å². The molecule has 5 nitrogen and oxygen atoms in total. The SMILES string of the molecule is FC(F)(F)c1cnc(Nc2ccc(Br)cc2)nc1Nc1cccc(OC2CCCCC2)c1. The molecule has 1 saturated carbocycles. The standard InChI is InChI=1S/C23H22BrF3N4O/c24-15-9-11-16(12-10-15)30-22-28-14-20(23(25,26)27)21(31-22)29-17-5-4-8-19(13-17)32-18-6-2-1-3-7-18/h4-5,8-14,18H,1-3,6-7H2,(H2,28,29,30,31). The van der Waals surface area contributed by atoms with Gasteiger partial charge in [0.2, 0.25) is 5.95 Å². The Morgan fingerprint density at radius 3 is 2.41 bits per heavy atom. The van der Waals surface area contributed by atoms with Crippen LogP contribution in [0.4, 0.5) is 36.3 Å². The highest BCUT2D eigenvalue weighted by molar-refractivity contribution is 9.10. The van der Waals surface area contributed by atoms with Gasteiger partial charge < -0.3 is 15.4 Å². The summed E-state index contributed by atoms with van der Waals surface area (Å²) >= 11 is 3.34. The molecule has 0 atom stereocenters. The number of hydrogen-bond donors (Lipinski definition) is 2. The minimum Gasteiger partial charge on any atom is -0.490 e. The van der Waals surface area contributed by atoms with Crippen molar-refractivity contribution < 1.29 is 17.9 Å². The lowest BCUT2D eigenvalue weighted by Crippen LogP contribution is -2.19. The van der Waals surface area contributed by atoms with Crippen molar-refractivity contribution in [1.82, 2.24) is 9.97 Å². The van der Waals surface area contributed by atoms with E-state index in [1.54, 1.807) is 30.3 Å². The normalized spacial score (nSPS) is 14.8. The maximum Gasteiger partial charge on any atom is 0.421 e. The number of ether oxygens (including phenoxy) is 1. The van der Waals surface area contributed by atoms with Crippen LogP contribution in [0.2, 0.25) is 0 Å². The molecule has 1 fully saturated rings. The summed E-state index contributed by atoms with van der Waals surface area (Å²) in [6.45, 7) is 0. The Morgan fingerprint density at radius 1 is 0.938 bits per heavy atom. The second-order valence-corrected chi connectivity index (χ2v) is 8.53. The van der Waals surface area contributed by atoms with E-state index in [1.165, 1.54) is 6.42 Å². The Morgan fingerprint density at radius 2 is 1.69 bits per heavy atom. The number of nitrogens with zero attached hydrogens (tertiary/aromatic N) is 2.